The second-order valence-electron chi connectivity index (χ2n) is 6.32. The lowest BCUT2D eigenvalue weighted by Crippen LogP contribution is -2.36. The Morgan fingerprint density at radius 3 is 2.95 bits per heavy atom. The Kier molecular flexibility index (Phi) is 5.22. The second-order valence-corrected chi connectivity index (χ2v) is 6.32. The first-order chi connectivity index (χ1) is 10.3. The lowest BCUT2D eigenvalue weighted by Gasteiger charge is -2.25. The summed E-state index contributed by atoms with van der Waals surface area (Å²) in [5.41, 5.74) is 2.38. The van der Waals surface area contributed by atoms with Gasteiger partial charge in [-0.05, 0) is 57.6 Å². The highest BCUT2D eigenvalue weighted by molar-refractivity contribution is 5.11. The van der Waals surface area contributed by atoms with E-state index in [0.29, 0.717) is 0 Å². The van der Waals surface area contributed by atoms with Crippen LogP contribution in [0.1, 0.15) is 37.6 Å². The molecule has 3 rings (SSSR count). The lowest BCUT2D eigenvalue weighted by molar-refractivity contribution is 0.214. The fourth-order valence-electron chi connectivity index (χ4n) is 3.62. The number of nitrogens with one attached hydrogen (secondary N) is 1. The van der Waals surface area contributed by atoms with Crippen molar-refractivity contribution in [1.82, 2.24) is 20.1 Å². The molecule has 2 fully saturated rings. The number of rotatable bonds is 5. The maximum absolute atomic E-state index is 4.80. The third-order valence-electron chi connectivity index (χ3n) is 4.69. The lowest BCUT2D eigenvalue weighted by atomic mass is 10.2. The van der Waals surface area contributed by atoms with Crippen LogP contribution in [0.25, 0.3) is 0 Å². The van der Waals surface area contributed by atoms with Gasteiger partial charge in [-0.15, -0.1) is 0 Å². The van der Waals surface area contributed by atoms with E-state index in [1.54, 1.807) is 0 Å². The van der Waals surface area contributed by atoms with E-state index in [4.69, 9.17) is 4.98 Å². The molecule has 3 heterocycles. The molecule has 0 aromatic carbocycles. The van der Waals surface area contributed by atoms with Gasteiger partial charge in [0.25, 0.3) is 0 Å². The summed E-state index contributed by atoms with van der Waals surface area (Å²) >= 11 is 0. The van der Waals surface area contributed by atoms with Crippen molar-refractivity contribution < 1.29 is 0 Å². The van der Waals surface area contributed by atoms with Gasteiger partial charge in [0.05, 0.1) is 11.4 Å². The van der Waals surface area contributed by atoms with Crippen molar-refractivity contribution in [2.45, 2.75) is 45.3 Å². The van der Waals surface area contributed by atoms with Gasteiger partial charge in [0.1, 0.15) is 0 Å². The predicted molar refractivity (Wildman–Crippen MR) is 86.1 cm³/mol. The second kappa shape index (κ2) is 7.34. The minimum atomic E-state index is 0.789. The van der Waals surface area contributed by atoms with Crippen molar-refractivity contribution >= 4 is 0 Å². The normalized spacial score (nSPS) is 24.0. The molecule has 1 unspecified atom stereocenters. The van der Waals surface area contributed by atoms with Crippen molar-refractivity contribution in [2.75, 3.05) is 32.7 Å². The van der Waals surface area contributed by atoms with Gasteiger partial charge in [-0.1, -0.05) is 13.0 Å². The fourth-order valence-corrected chi connectivity index (χ4v) is 3.62. The van der Waals surface area contributed by atoms with E-state index in [0.717, 1.165) is 31.4 Å². The highest BCUT2D eigenvalue weighted by Crippen LogP contribution is 2.22. The van der Waals surface area contributed by atoms with E-state index >= 15 is 0 Å². The van der Waals surface area contributed by atoms with Gasteiger partial charge < -0.3 is 5.32 Å². The van der Waals surface area contributed by atoms with Crippen molar-refractivity contribution in [3.63, 3.8) is 0 Å². The summed E-state index contributed by atoms with van der Waals surface area (Å²) < 4.78 is 0. The summed E-state index contributed by atoms with van der Waals surface area (Å²) in [5.74, 6) is 0. The molecule has 2 aliphatic heterocycles. The average Bonchev–Trinajstić information content (AvgIpc) is 2.84. The molecule has 4 nitrogen and oxygen atoms in total. The SMILES string of the molecule is CCNCc1cccc(CN2CCCN3CCCC3C2)n1. The topological polar surface area (TPSA) is 31.4 Å². The molecular weight excluding hydrogens is 260 g/mol. The third-order valence-corrected chi connectivity index (χ3v) is 4.69. The molecule has 4 heteroatoms. The van der Waals surface area contributed by atoms with E-state index < -0.39 is 0 Å². The van der Waals surface area contributed by atoms with Gasteiger partial charge in [0.2, 0.25) is 0 Å². The van der Waals surface area contributed by atoms with Crippen LogP contribution in [0.2, 0.25) is 0 Å². The number of fused-ring (bicyclic) bond motifs is 1. The van der Waals surface area contributed by atoms with Crippen LogP contribution in [0, 0.1) is 0 Å². The molecule has 1 aromatic rings. The number of hydrogen-bond donors (Lipinski definition) is 1. The number of hydrogen-bond acceptors (Lipinski definition) is 4. The van der Waals surface area contributed by atoms with Crippen molar-refractivity contribution in [1.29, 1.82) is 0 Å². The predicted octanol–water partition coefficient (Wildman–Crippen LogP) is 1.86. The first kappa shape index (κ1) is 14.9. The van der Waals surface area contributed by atoms with Crippen LogP contribution in [-0.2, 0) is 13.1 Å². The minimum absolute atomic E-state index is 0.789. The average molecular weight is 288 g/mol. The van der Waals surface area contributed by atoms with Crippen LogP contribution in [0.5, 0.6) is 0 Å². The van der Waals surface area contributed by atoms with Crippen molar-refractivity contribution in [3.05, 3.63) is 29.6 Å². The molecule has 0 spiro atoms. The van der Waals surface area contributed by atoms with E-state index in [2.05, 4.69) is 40.2 Å². The maximum atomic E-state index is 4.80. The molecule has 2 saturated heterocycles. The Labute approximate surface area is 128 Å². The molecule has 1 aromatic heterocycles. The third kappa shape index (κ3) is 4.02. The van der Waals surface area contributed by atoms with Crippen LogP contribution in [0.15, 0.2) is 18.2 Å². The van der Waals surface area contributed by atoms with Crippen LogP contribution in [-0.4, -0.2) is 53.5 Å². The Morgan fingerprint density at radius 2 is 2.05 bits per heavy atom. The first-order valence-corrected chi connectivity index (χ1v) is 8.47. The Bertz CT molecular complexity index is 448. The molecule has 0 bridgehead atoms. The summed E-state index contributed by atoms with van der Waals surface area (Å²) in [6, 6.07) is 7.23. The molecule has 0 aliphatic carbocycles. The molecule has 1 atom stereocenters. The summed E-state index contributed by atoms with van der Waals surface area (Å²) in [5, 5.41) is 3.35. The Morgan fingerprint density at radius 1 is 1.19 bits per heavy atom. The van der Waals surface area contributed by atoms with Gasteiger partial charge >= 0.3 is 0 Å². The van der Waals surface area contributed by atoms with Crippen molar-refractivity contribution in [3.8, 4) is 0 Å². The maximum Gasteiger partial charge on any atom is 0.0547 e. The number of aromatic nitrogens is 1. The zero-order chi connectivity index (χ0) is 14.5. The summed E-state index contributed by atoms with van der Waals surface area (Å²) in [4.78, 5) is 10.1. The molecule has 2 aliphatic rings. The van der Waals surface area contributed by atoms with Gasteiger partial charge in [-0.3, -0.25) is 14.8 Å². The quantitative estimate of drug-likeness (QED) is 0.896. The monoisotopic (exact) mass is 288 g/mol. The number of pyridine rings is 1. The minimum Gasteiger partial charge on any atom is -0.311 e. The van der Waals surface area contributed by atoms with Gasteiger partial charge in [-0.2, -0.15) is 0 Å². The highest BCUT2D eigenvalue weighted by Gasteiger charge is 2.28. The first-order valence-electron chi connectivity index (χ1n) is 8.47. The molecule has 1 N–H and O–H groups in total. The molecule has 0 radical (unpaired) electrons. The van der Waals surface area contributed by atoms with E-state index in [1.165, 1.54) is 51.1 Å². The smallest absolute Gasteiger partial charge is 0.0547 e. The zero-order valence-corrected chi connectivity index (χ0v) is 13.2. The summed E-state index contributed by atoms with van der Waals surface area (Å²) in [6.07, 6.45) is 4.06. The molecule has 0 amide bonds. The van der Waals surface area contributed by atoms with E-state index in [-0.39, 0.29) is 0 Å². The summed E-state index contributed by atoms with van der Waals surface area (Å²) in [7, 11) is 0. The fraction of sp³-hybridized carbons (Fsp3) is 0.706. The molecule has 0 saturated carbocycles. The number of nitrogens with zero attached hydrogens (tertiary/aromatic N) is 3. The van der Waals surface area contributed by atoms with E-state index in [1.807, 2.05) is 0 Å². The standard InChI is InChI=1S/C17H28N4/c1-2-18-12-15-6-3-7-16(19-15)13-20-9-5-11-21-10-4-8-17(21)14-20/h3,6-7,17-18H,2,4-5,8-14H2,1H3. The molecule has 21 heavy (non-hydrogen) atoms. The zero-order valence-electron chi connectivity index (χ0n) is 13.2. The molecule has 116 valence electrons. The van der Waals surface area contributed by atoms with Gasteiger partial charge in [0.15, 0.2) is 0 Å². The largest absolute Gasteiger partial charge is 0.311 e. The van der Waals surface area contributed by atoms with Gasteiger partial charge in [0, 0.05) is 25.7 Å². The van der Waals surface area contributed by atoms with E-state index in [9.17, 15) is 0 Å². The Balaban J connectivity index is 1.60. The highest BCUT2D eigenvalue weighted by atomic mass is 15.3. The van der Waals surface area contributed by atoms with Gasteiger partial charge in [-0.25, -0.2) is 0 Å². The van der Waals surface area contributed by atoms with Crippen LogP contribution in [0.4, 0.5) is 0 Å². The summed E-state index contributed by atoms with van der Waals surface area (Å²) in [6.45, 7) is 10.0. The van der Waals surface area contributed by atoms with Crippen LogP contribution in [0.3, 0.4) is 0 Å². The molecular formula is C17H28N4. The van der Waals surface area contributed by atoms with Crippen LogP contribution < -0.4 is 5.32 Å². The Hall–Kier alpha value is -0.970. The van der Waals surface area contributed by atoms with Crippen LogP contribution >= 0.6 is 0 Å². The van der Waals surface area contributed by atoms with Crippen molar-refractivity contribution in [2.24, 2.45) is 0 Å².